The third-order valence-electron chi connectivity index (χ3n) is 5.80. The minimum Gasteiger partial charge on any atom is -0.476 e. The molecule has 2 amide bonds. The number of likely N-dealkylation sites (N-methyl/N-ethyl adjacent to an activating group) is 1. The van der Waals surface area contributed by atoms with Gasteiger partial charge in [0.25, 0.3) is 5.91 Å². The number of carbonyl (C=O) groups is 2. The molecule has 1 heterocycles. The van der Waals surface area contributed by atoms with Gasteiger partial charge in [0, 0.05) is 35.3 Å². The Kier molecular flexibility index (Phi) is 8.43. The standard InChI is InChI=1S/C26H32FIN2O4/c1-17-6-7-18(16-22(17)27)23(33-21-10-8-19(28)9-11-21)24(31)29(5)20-12-14-30(15-13-20)25(32)34-26(2,3)4/h6-11,16,20,23H,12-15H2,1-5H3/t23-/m1/s1. The smallest absolute Gasteiger partial charge is 0.410 e. The van der Waals surface area contributed by atoms with Gasteiger partial charge < -0.3 is 19.3 Å². The Labute approximate surface area is 214 Å². The molecule has 184 valence electrons. The van der Waals surface area contributed by atoms with E-state index < -0.39 is 11.7 Å². The zero-order valence-corrected chi connectivity index (χ0v) is 22.5. The Morgan fingerprint density at radius 2 is 1.74 bits per heavy atom. The van der Waals surface area contributed by atoms with Gasteiger partial charge in [0.15, 0.2) is 0 Å². The molecule has 0 spiro atoms. The third kappa shape index (κ3) is 6.84. The van der Waals surface area contributed by atoms with E-state index in [0.29, 0.717) is 42.8 Å². The fraction of sp³-hybridized carbons (Fsp3) is 0.462. The molecule has 1 atom stereocenters. The van der Waals surface area contributed by atoms with Gasteiger partial charge in [0.2, 0.25) is 6.10 Å². The number of nitrogens with zero attached hydrogens (tertiary/aromatic N) is 2. The van der Waals surface area contributed by atoms with Crippen LogP contribution in [0.1, 0.15) is 50.8 Å². The van der Waals surface area contributed by atoms with Crippen LogP contribution < -0.4 is 4.74 Å². The van der Waals surface area contributed by atoms with Gasteiger partial charge in [-0.25, -0.2) is 9.18 Å². The monoisotopic (exact) mass is 582 g/mol. The first kappa shape index (κ1) is 26.2. The van der Waals surface area contributed by atoms with E-state index >= 15 is 0 Å². The van der Waals surface area contributed by atoms with Crippen molar-refractivity contribution in [2.24, 2.45) is 0 Å². The lowest BCUT2D eigenvalue weighted by atomic mass is 10.0. The van der Waals surface area contributed by atoms with Gasteiger partial charge in [-0.1, -0.05) is 12.1 Å². The second-order valence-corrected chi connectivity index (χ2v) is 10.9. The van der Waals surface area contributed by atoms with Gasteiger partial charge in [-0.05, 0) is 99.0 Å². The number of amides is 2. The van der Waals surface area contributed by atoms with Gasteiger partial charge in [-0.2, -0.15) is 0 Å². The molecule has 8 heteroatoms. The summed E-state index contributed by atoms with van der Waals surface area (Å²) in [5.41, 5.74) is 0.418. The average molecular weight is 582 g/mol. The maximum Gasteiger partial charge on any atom is 0.410 e. The fourth-order valence-electron chi connectivity index (χ4n) is 3.81. The van der Waals surface area contributed by atoms with Gasteiger partial charge in [0.05, 0.1) is 0 Å². The fourth-order valence-corrected chi connectivity index (χ4v) is 4.17. The summed E-state index contributed by atoms with van der Waals surface area (Å²) in [7, 11) is 1.74. The molecule has 1 fully saturated rings. The number of benzene rings is 2. The van der Waals surface area contributed by atoms with Crippen LogP contribution in [-0.2, 0) is 9.53 Å². The topological polar surface area (TPSA) is 59.1 Å². The lowest BCUT2D eigenvalue weighted by Crippen LogP contribution is -2.49. The summed E-state index contributed by atoms with van der Waals surface area (Å²) in [6.07, 6.45) is -0.0704. The van der Waals surface area contributed by atoms with Crippen LogP contribution in [0.4, 0.5) is 9.18 Å². The number of hydrogen-bond donors (Lipinski definition) is 0. The Morgan fingerprint density at radius 1 is 1.12 bits per heavy atom. The maximum absolute atomic E-state index is 14.4. The number of aryl methyl sites for hydroxylation is 1. The average Bonchev–Trinajstić information content (AvgIpc) is 2.78. The highest BCUT2D eigenvalue weighted by Gasteiger charge is 2.34. The molecular weight excluding hydrogens is 550 g/mol. The zero-order valence-electron chi connectivity index (χ0n) is 20.3. The molecule has 2 aromatic carbocycles. The molecule has 1 saturated heterocycles. The van der Waals surface area contributed by atoms with E-state index in [0.717, 1.165) is 3.57 Å². The molecule has 0 saturated carbocycles. The molecular formula is C26H32FIN2O4. The van der Waals surface area contributed by atoms with Crippen molar-refractivity contribution in [2.75, 3.05) is 20.1 Å². The summed E-state index contributed by atoms with van der Waals surface area (Å²) in [5, 5.41) is 0. The highest BCUT2D eigenvalue weighted by atomic mass is 127. The first-order chi connectivity index (χ1) is 15.9. The Morgan fingerprint density at radius 3 is 2.29 bits per heavy atom. The summed E-state index contributed by atoms with van der Waals surface area (Å²) < 4.78 is 27.0. The summed E-state index contributed by atoms with van der Waals surface area (Å²) >= 11 is 2.20. The first-order valence-electron chi connectivity index (χ1n) is 11.4. The summed E-state index contributed by atoms with van der Waals surface area (Å²) in [5.74, 6) is -0.0970. The first-order valence-corrected chi connectivity index (χ1v) is 12.5. The van der Waals surface area contributed by atoms with Crippen molar-refractivity contribution in [1.29, 1.82) is 0 Å². The van der Waals surface area contributed by atoms with Crippen molar-refractivity contribution in [3.05, 3.63) is 63.0 Å². The van der Waals surface area contributed by atoms with Crippen LogP contribution in [0.25, 0.3) is 0 Å². The number of piperidine rings is 1. The summed E-state index contributed by atoms with van der Waals surface area (Å²) in [6, 6.07) is 12.1. The van der Waals surface area contributed by atoms with Crippen molar-refractivity contribution in [1.82, 2.24) is 9.80 Å². The number of likely N-dealkylation sites (tertiary alicyclic amines) is 1. The van der Waals surface area contributed by atoms with Crippen molar-refractivity contribution >= 4 is 34.6 Å². The van der Waals surface area contributed by atoms with Crippen LogP contribution in [0.15, 0.2) is 42.5 Å². The van der Waals surface area contributed by atoms with Crippen molar-refractivity contribution in [3.63, 3.8) is 0 Å². The molecule has 6 nitrogen and oxygen atoms in total. The highest BCUT2D eigenvalue weighted by Crippen LogP contribution is 2.28. The van der Waals surface area contributed by atoms with E-state index in [2.05, 4.69) is 22.6 Å². The molecule has 2 aromatic rings. The minimum atomic E-state index is -0.982. The van der Waals surface area contributed by atoms with E-state index in [-0.39, 0.29) is 23.9 Å². The second kappa shape index (κ2) is 10.9. The summed E-state index contributed by atoms with van der Waals surface area (Å²) in [6.45, 7) is 8.20. The maximum atomic E-state index is 14.4. The van der Waals surface area contributed by atoms with Crippen LogP contribution in [0, 0.1) is 16.3 Å². The van der Waals surface area contributed by atoms with Crippen LogP contribution in [0.5, 0.6) is 5.75 Å². The normalized spacial score (nSPS) is 15.6. The van der Waals surface area contributed by atoms with Crippen molar-refractivity contribution in [2.45, 2.75) is 58.3 Å². The molecule has 0 unspecified atom stereocenters. The molecule has 0 N–H and O–H groups in total. The highest BCUT2D eigenvalue weighted by molar-refractivity contribution is 14.1. The number of hydrogen-bond acceptors (Lipinski definition) is 4. The van der Waals surface area contributed by atoms with Gasteiger partial charge in [-0.15, -0.1) is 0 Å². The summed E-state index contributed by atoms with van der Waals surface area (Å²) in [4.78, 5) is 29.3. The van der Waals surface area contributed by atoms with E-state index in [9.17, 15) is 14.0 Å². The van der Waals surface area contributed by atoms with Gasteiger partial charge in [0.1, 0.15) is 17.2 Å². The van der Waals surface area contributed by atoms with Crippen LogP contribution in [-0.4, -0.2) is 53.6 Å². The largest absolute Gasteiger partial charge is 0.476 e. The lowest BCUT2D eigenvalue weighted by molar-refractivity contribution is -0.140. The molecule has 0 aromatic heterocycles. The Balaban J connectivity index is 1.74. The third-order valence-corrected chi connectivity index (χ3v) is 6.52. The van der Waals surface area contributed by atoms with Crippen molar-refractivity contribution < 1.29 is 23.5 Å². The second-order valence-electron chi connectivity index (χ2n) is 9.61. The quantitative estimate of drug-likeness (QED) is 0.424. The minimum absolute atomic E-state index is 0.0655. The lowest BCUT2D eigenvalue weighted by Gasteiger charge is -2.38. The number of halogens is 2. The molecule has 0 aliphatic carbocycles. The molecule has 34 heavy (non-hydrogen) atoms. The van der Waals surface area contributed by atoms with E-state index in [1.54, 1.807) is 48.0 Å². The number of ether oxygens (including phenoxy) is 2. The van der Waals surface area contributed by atoms with Crippen LogP contribution >= 0.6 is 22.6 Å². The Hall–Kier alpha value is -2.36. The predicted molar refractivity (Wildman–Crippen MR) is 137 cm³/mol. The van der Waals surface area contributed by atoms with Crippen molar-refractivity contribution in [3.8, 4) is 5.75 Å². The molecule has 1 aliphatic rings. The van der Waals surface area contributed by atoms with Gasteiger partial charge in [-0.3, -0.25) is 4.79 Å². The molecule has 3 rings (SSSR count). The SMILES string of the molecule is Cc1ccc([C@@H](Oc2ccc(I)cc2)C(=O)N(C)C2CCN(C(=O)OC(C)(C)C)CC2)cc1F. The van der Waals surface area contributed by atoms with E-state index in [1.165, 1.54) is 6.07 Å². The predicted octanol–water partition coefficient (Wildman–Crippen LogP) is 5.72. The van der Waals surface area contributed by atoms with E-state index in [4.69, 9.17) is 9.47 Å². The van der Waals surface area contributed by atoms with Crippen LogP contribution in [0.2, 0.25) is 0 Å². The van der Waals surface area contributed by atoms with E-state index in [1.807, 2.05) is 32.9 Å². The number of carbonyl (C=O) groups excluding carboxylic acids is 2. The van der Waals surface area contributed by atoms with Crippen LogP contribution in [0.3, 0.4) is 0 Å². The molecule has 0 bridgehead atoms. The molecule has 0 radical (unpaired) electrons. The number of rotatable bonds is 5. The molecule has 1 aliphatic heterocycles. The van der Waals surface area contributed by atoms with Gasteiger partial charge >= 0.3 is 6.09 Å². The zero-order chi connectivity index (χ0) is 25.0. The Bertz CT molecular complexity index is 1010.